The quantitative estimate of drug-likeness (QED) is 0.636. The molecule has 2 rings (SSSR count). The molecular weight excluding hydrogens is 226 g/mol. The van der Waals surface area contributed by atoms with Crippen LogP contribution in [0.5, 0.6) is 0 Å². The van der Waals surface area contributed by atoms with Crippen LogP contribution in [0.1, 0.15) is 12.0 Å². The topological polar surface area (TPSA) is 35.8 Å². The van der Waals surface area contributed by atoms with Crippen LogP contribution in [0.2, 0.25) is 0 Å². The molecule has 0 spiro atoms. The Morgan fingerprint density at radius 1 is 1.29 bits per heavy atom. The van der Waals surface area contributed by atoms with E-state index in [1.165, 1.54) is 0 Å². The maximum absolute atomic E-state index is 13.5. The second-order valence-corrected chi connectivity index (χ2v) is 4.20. The molecule has 1 aliphatic heterocycles. The van der Waals surface area contributed by atoms with Crippen LogP contribution >= 0.6 is 0 Å². The average Bonchev–Trinajstić information content (AvgIpc) is 2.29. The molecule has 0 atom stereocenters. The van der Waals surface area contributed by atoms with Crippen LogP contribution in [0.4, 0.5) is 8.78 Å². The summed E-state index contributed by atoms with van der Waals surface area (Å²) in [5.41, 5.74) is 0.592. The van der Waals surface area contributed by atoms with Gasteiger partial charge in [0.05, 0.1) is 6.54 Å². The number of halogens is 2. The lowest BCUT2D eigenvalue weighted by Gasteiger charge is -2.32. The Morgan fingerprint density at radius 2 is 2.00 bits per heavy atom. The van der Waals surface area contributed by atoms with Crippen LogP contribution in [0, 0.1) is 0 Å². The lowest BCUT2D eigenvalue weighted by molar-refractivity contribution is 0.0114. The van der Waals surface area contributed by atoms with Crippen molar-refractivity contribution in [1.29, 1.82) is 0 Å². The third kappa shape index (κ3) is 2.79. The maximum atomic E-state index is 13.5. The molecule has 0 radical (unpaired) electrons. The largest absolute Gasteiger partial charge is 0.411 e. The predicted molar refractivity (Wildman–Crippen MR) is 60.5 cm³/mol. The van der Waals surface area contributed by atoms with E-state index in [1.54, 1.807) is 4.90 Å². The molecule has 1 saturated heterocycles. The van der Waals surface area contributed by atoms with Crippen LogP contribution in [0.15, 0.2) is 35.5 Å². The fraction of sp³-hybridized carbons (Fsp3) is 0.417. The highest BCUT2D eigenvalue weighted by atomic mass is 19.3. The first kappa shape index (κ1) is 12.0. The average molecular weight is 240 g/mol. The Hall–Kier alpha value is -1.49. The Kier molecular flexibility index (Phi) is 3.38. The van der Waals surface area contributed by atoms with Crippen molar-refractivity contribution in [2.24, 2.45) is 5.16 Å². The van der Waals surface area contributed by atoms with Crippen LogP contribution in [-0.4, -0.2) is 34.8 Å². The fourth-order valence-electron chi connectivity index (χ4n) is 2.00. The van der Waals surface area contributed by atoms with E-state index in [0.717, 1.165) is 5.56 Å². The zero-order chi connectivity index (χ0) is 12.3. The number of oxime groups is 1. The molecule has 1 aromatic carbocycles. The van der Waals surface area contributed by atoms with Crippen molar-refractivity contribution in [1.82, 2.24) is 4.90 Å². The summed E-state index contributed by atoms with van der Waals surface area (Å²) in [6.45, 7) is 0.598. The van der Waals surface area contributed by atoms with E-state index in [-0.39, 0.29) is 13.0 Å². The van der Waals surface area contributed by atoms with Crippen molar-refractivity contribution in [2.45, 2.75) is 18.9 Å². The first-order chi connectivity index (χ1) is 8.12. The van der Waals surface area contributed by atoms with E-state index in [4.69, 9.17) is 5.21 Å². The molecule has 1 fully saturated rings. The van der Waals surface area contributed by atoms with Crippen molar-refractivity contribution in [3.05, 3.63) is 35.9 Å². The SMILES string of the molecule is O/N=C1\CCN(Cc2ccccc2)CC1(F)F. The van der Waals surface area contributed by atoms with Gasteiger partial charge in [-0.3, -0.25) is 4.90 Å². The lowest BCUT2D eigenvalue weighted by Crippen LogP contribution is -2.48. The van der Waals surface area contributed by atoms with Gasteiger partial charge < -0.3 is 5.21 Å². The number of hydrogen-bond donors (Lipinski definition) is 1. The van der Waals surface area contributed by atoms with Gasteiger partial charge >= 0.3 is 5.92 Å². The number of likely N-dealkylation sites (tertiary alicyclic amines) is 1. The van der Waals surface area contributed by atoms with Gasteiger partial charge in [-0.25, -0.2) is 0 Å². The Morgan fingerprint density at radius 3 is 2.59 bits per heavy atom. The highest BCUT2D eigenvalue weighted by molar-refractivity contribution is 5.91. The third-order valence-electron chi connectivity index (χ3n) is 2.88. The van der Waals surface area contributed by atoms with Crippen LogP contribution in [0.25, 0.3) is 0 Å². The summed E-state index contributed by atoms with van der Waals surface area (Å²) in [6, 6.07) is 9.49. The summed E-state index contributed by atoms with van der Waals surface area (Å²) in [5, 5.41) is 11.2. The van der Waals surface area contributed by atoms with Crippen LogP contribution < -0.4 is 0 Å². The predicted octanol–water partition coefficient (Wildman–Crippen LogP) is 2.36. The van der Waals surface area contributed by atoms with Gasteiger partial charge in [0.2, 0.25) is 0 Å². The number of piperidine rings is 1. The monoisotopic (exact) mass is 240 g/mol. The van der Waals surface area contributed by atoms with E-state index < -0.39 is 11.6 Å². The molecule has 1 aliphatic rings. The minimum Gasteiger partial charge on any atom is -0.411 e. The number of benzene rings is 1. The summed E-state index contributed by atoms with van der Waals surface area (Å²) in [7, 11) is 0. The number of rotatable bonds is 2. The van der Waals surface area contributed by atoms with Gasteiger partial charge in [0, 0.05) is 19.5 Å². The number of nitrogens with zero attached hydrogens (tertiary/aromatic N) is 2. The molecule has 92 valence electrons. The smallest absolute Gasteiger partial charge is 0.301 e. The molecule has 0 amide bonds. The summed E-state index contributed by atoms with van der Waals surface area (Å²) in [4.78, 5) is 1.67. The second-order valence-electron chi connectivity index (χ2n) is 4.20. The van der Waals surface area contributed by atoms with Gasteiger partial charge in [-0.05, 0) is 5.56 Å². The molecule has 3 nitrogen and oxygen atoms in total. The molecule has 1 heterocycles. The zero-order valence-electron chi connectivity index (χ0n) is 9.31. The fourth-order valence-corrected chi connectivity index (χ4v) is 2.00. The van der Waals surface area contributed by atoms with E-state index in [9.17, 15) is 8.78 Å². The van der Waals surface area contributed by atoms with Gasteiger partial charge in [-0.2, -0.15) is 8.78 Å². The van der Waals surface area contributed by atoms with Gasteiger partial charge in [0.25, 0.3) is 0 Å². The second kappa shape index (κ2) is 4.79. The minimum atomic E-state index is -3.03. The van der Waals surface area contributed by atoms with Gasteiger partial charge in [-0.15, -0.1) is 0 Å². The zero-order valence-corrected chi connectivity index (χ0v) is 9.31. The molecule has 0 aromatic heterocycles. The molecule has 0 bridgehead atoms. The summed E-state index contributed by atoms with van der Waals surface area (Å²) >= 11 is 0. The molecular formula is C12H14F2N2O. The van der Waals surface area contributed by atoms with Crippen molar-refractivity contribution in [3.63, 3.8) is 0 Å². The first-order valence-corrected chi connectivity index (χ1v) is 5.47. The first-order valence-electron chi connectivity index (χ1n) is 5.47. The number of alkyl halides is 2. The highest BCUT2D eigenvalue weighted by Crippen LogP contribution is 2.25. The number of hydrogen-bond acceptors (Lipinski definition) is 3. The Labute approximate surface area is 98.3 Å². The van der Waals surface area contributed by atoms with Gasteiger partial charge in [0.15, 0.2) is 0 Å². The van der Waals surface area contributed by atoms with Crippen LogP contribution in [-0.2, 0) is 6.54 Å². The molecule has 5 heteroatoms. The van der Waals surface area contributed by atoms with Crippen molar-refractivity contribution in [2.75, 3.05) is 13.1 Å². The molecule has 0 aliphatic carbocycles. The van der Waals surface area contributed by atoms with E-state index in [2.05, 4.69) is 5.16 Å². The van der Waals surface area contributed by atoms with E-state index in [1.807, 2.05) is 30.3 Å². The van der Waals surface area contributed by atoms with E-state index >= 15 is 0 Å². The summed E-state index contributed by atoms with van der Waals surface area (Å²) in [5.74, 6) is -3.03. The normalized spacial score (nSPS) is 22.8. The molecule has 1 N–H and O–H groups in total. The Bertz CT molecular complexity index is 406. The van der Waals surface area contributed by atoms with E-state index in [0.29, 0.717) is 13.1 Å². The standard InChI is InChI=1S/C12H14F2N2O/c13-12(14)9-16(7-6-11(12)15-17)8-10-4-2-1-3-5-10/h1-5,17H,6-9H2/b15-11+. The molecule has 1 aromatic rings. The summed E-state index contributed by atoms with van der Waals surface area (Å²) < 4.78 is 27.0. The third-order valence-corrected chi connectivity index (χ3v) is 2.88. The van der Waals surface area contributed by atoms with Crippen molar-refractivity contribution < 1.29 is 14.0 Å². The molecule has 0 unspecified atom stereocenters. The van der Waals surface area contributed by atoms with Gasteiger partial charge in [-0.1, -0.05) is 35.5 Å². The Balaban J connectivity index is 2.02. The van der Waals surface area contributed by atoms with Crippen LogP contribution in [0.3, 0.4) is 0 Å². The highest BCUT2D eigenvalue weighted by Gasteiger charge is 2.41. The lowest BCUT2D eigenvalue weighted by atomic mass is 10.0. The van der Waals surface area contributed by atoms with Gasteiger partial charge in [0.1, 0.15) is 5.71 Å². The molecule has 0 saturated carbocycles. The minimum absolute atomic E-state index is 0.107. The van der Waals surface area contributed by atoms with Crippen molar-refractivity contribution in [3.8, 4) is 0 Å². The molecule has 17 heavy (non-hydrogen) atoms. The summed E-state index contributed by atoms with van der Waals surface area (Å²) in [6.07, 6.45) is 0.107. The maximum Gasteiger partial charge on any atom is 0.301 e. The van der Waals surface area contributed by atoms with Crippen molar-refractivity contribution >= 4 is 5.71 Å².